The molecule has 1 aliphatic carbocycles. The van der Waals surface area contributed by atoms with Crippen LogP contribution in [0.2, 0.25) is 5.02 Å². The smallest absolute Gasteiger partial charge is 0.0762 e. The Morgan fingerprint density at radius 2 is 2.17 bits per heavy atom. The average molecular weight is 268 g/mol. The summed E-state index contributed by atoms with van der Waals surface area (Å²) in [7, 11) is 0. The Balaban J connectivity index is 2.17. The van der Waals surface area contributed by atoms with Gasteiger partial charge in [-0.25, -0.2) is 0 Å². The molecule has 3 heteroatoms. The van der Waals surface area contributed by atoms with Gasteiger partial charge < -0.3 is 10.0 Å². The average Bonchev–Trinajstić information content (AvgIpc) is 3.12. The second-order valence-electron chi connectivity index (χ2n) is 5.28. The Morgan fingerprint density at radius 3 is 2.67 bits per heavy atom. The Bertz CT molecular complexity index is 401. The van der Waals surface area contributed by atoms with Gasteiger partial charge in [0.15, 0.2) is 0 Å². The maximum atomic E-state index is 9.56. The monoisotopic (exact) mass is 267 g/mol. The van der Waals surface area contributed by atoms with E-state index in [4.69, 9.17) is 11.6 Å². The van der Waals surface area contributed by atoms with Crippen LogP contribution in [0.15, 0.2) is 18.2 Å². The molecule has 1 N–H and O–H groups in total. The lowest BCUT2D eigenvalue weighted by molar-refractivity contribution is 0.199. The molecule has 0 unspecified atom stereocenters. The highest BCUT2D eigenvalue weighted by molar-refractivity contribution is 6.33. The predicted molar refractivity (Wildman–Crippen MR) is 77.3 cm³/mol. The van der Waals surface area contributed by atoms with Crippen molar-refractivity contribution >= 4 is 17.3 Å². The van der Waals surface area contributed by atoms with Gasteiger partial charge in [0.05, 0.1) is 16.8 Å². The number of nitrogens with zero attached hydrogens (tertiary/aromatic N) is 1. The number of aliphatic hydroxyl groups is 1. The first-order valence-electron chi connectivity index (χ1n) is 6.84. The first-order chi connectivity index (χ1) is 8.61. The van der Waals surface area contributed by atoms with Crippen LogP contribution in [-0.2, 0) is 0 Å². The van der Waals surface area contributed by atoms with E-state index >= 15 is 0 Å². The van der Waals surface area contributed by atoms with Crippen LogP contribution >= 0.6 is 11.6 Å². The summed E-state index contributed by atoms with van der Waals surface area (Å²) < 4.78 is 0. The van der Waals surface area contributed by atoms with Crippen LogP contribution < -0.4 is 4.90 Å². The molecule has 18 heavy (non-hydrogen) atoms. The molecule has 1 atom stereocenters. The second kappa shape index (κ2) is 5.94. The van der Waals surface area contributed by atoms with Crippen LogP contribution in [0.1, 0.15) is 44.8 Å². The third-order valence-corrected chi connectivity index (χ3v) is 3.77. The predicted octanol–water partition coefficient (Wildman–Crippen LogP) is 4.02. The zero-order chi connectivity index (χ0) is 13.1. The molecule has 0 saturated heterocycles. The highest BCUT2D eigenvalue weighted by Crippen LogP contribution is 2.34. The first kappa shape index (κ1) is 13.7. The molecule has 1 aromatic carbocycles. The minimum atomic E-state index is -0.459. The summed E-state index contributed by atoms with van der Waals surface area (Å²) in [5.74, 6) is 0.851. The van der Waals surface area contributed by atoms with Gasteiger partial charge in [-0.15, -0.1) is 0 Å². The number of anilines is 1. The molecule has 0 aromatic heterocycles. The number of halogens is 1. The van der Waals surface area contributed by atoms with Crippen molar-refractivity contribution < 1.29 is 5.11 Å². The van der Waals surface area contributed by atoms with E-state index in [1.54, 1.807) is 6.92 Å². The molecule has 1 fully saturated rings. The van der Waals surface area contributed by atoms with Crippen molar-refractivity contribution in [1.29, 1.82) is 0 Å². The van der Waals surface area contributed by atoms with E-state index in [0.717, 1.165) is 41.7 Å². The van der Waals surface area contributed by atoms with Crippen LogP contribution in [0.4, 0.5) is 5.69 Å². The lowest BCUT2D eigenvalue weighted by Gasteiger charge is -2.26. The Hall–Kier alpha value is -0.730. The summed E-state index contributed by atoms with van der Waals surface area (Å²) in [5.41, 5.74) is 1.99. The molecule has 0 amide bonds. The van der Waals surface area contributed by atoms with Crippen molar-refractivity contribution in [2.24, 2.45) is 5.92 Å². The number of benzene rings is 1. The van der Waals surface area contributed by atoms with Gasteiger partial charge in [0.25, 0.3) is 0 Å². The standard InChI is InChI=1S/C15H22ClNO/c1-3-8-17(10-12-4-5-12)15-7-6-13(11(2)18)9-14(15)16/h6-7,9,11-12,18H,3-5,8,10H2,1-2H3/t11-/m1/s1. The fourth-order valence-corrected chi connectivity index (χ4v) is 2.54. The van der Waals surface area contributed by atoms with E-state index in [9.17, 15) is 5.11 Å². The van der Waals surface area contributed by atoms with Crippen LogP contribution in [0, 0.1) is 5.92 Å². The Morgan fingerprint density at radius 1 is 1.44 bits per heavy atom. The van der Waals surface area contributed by atoms with E-state index in [1.165, 1.54) is 12.8 Å². The second-order valence-corrected chi connectivity index (χ2v) is 5.68. The van der Waals surface area contributed by atoms with Crippen LogP contribution in [0.3, 0.4) is 0 Å². The summed E-state index contributed by atoms with van der Waals surface area (Å²) in [4.78, 5) is 2.38. The third kappa shape index (κ3) is 3.39. The van der Waals surface area contributed by atoms with Gasteiger partial charge in [0, 0.05) is 13.1 Å². The molecular weight excluding hydrogens is 246 g/mol. The topological polar surface area (TPSA) is 23.5 Å². The van der Waals surface area contributed by atoms with E-state index in [0.29, 0.717) is 0 Å². The van der Waals surface area contributed by atoms with Crippen LogP contribution in [-0.4, -0.2) is 18.2 Å². The van der Waals surface area contributed by atoms with E-state index < -0.39 is 6.10 Å². The number of aliphatic hydroxyl groups excluding tert-OH is 1. The normalized spacial score (nSPS) is 16.7. The number of rotatable bonds is 6. The Labute approximate surface area is 115 Å². The molecule has 0 heterocycles. The van der Waals surface area contributed by atoms with Gasteiger partial charge in [-0.3, -0.25) is 0 Å². The fraction of sp³-hybridized carbons (Fsp3) is 0.600. The van der Waals surface area contributed by atoms with E-state index in [-0.39, 0.29) is 0 Å². The molecule has 0 spiro atoms. The summed E-state index contributed by atoms with van der Waals surface area (Å²) in [5, 5.41) is 10.3. The minimum Gasteiger partial charge on any atom is -0.389 e. The molecule has 2 rings (SSSR count). The highest BCUT2D eigenvalue weighted by atomic mass is 35.5. The lowest BCUT2D eigenvalue weighted by atomic mass is 10.1. The van der Waals surface area contributed by atoms with Gasteiger partial charge in [-0.1, -0.05) is 24.6 Å². The molecule has 0 bridgehead atoms. The van der Waals surface area contributed by atoms with Crippen LogP contribution in [0.5, 0.6) is 0 Å². The number of hydrogen-bond donors (Lipinski definition) is 1. The first-order valence-corrected chi connectivity index (χ1v) is 7.22. The summed E-state index contributed by atoms with van der Waals surface area (Å²) in [6, 6.07) is 5.90. The fourth-order valence-electron chi connectivity index (χ4n) is 2.23. The van der Waals surface area contributed by atoms with Gasteiger partial charge in [-0.05, 0) is 49.8 Å². The quantitative estimate of drug-likeness (QED) is 0.842. The van der Waals surface area contributed by atoms with Crippen molar-refractivity contribution in [1.82, 2.24) is 0 Å². The molecule has 1 aromatic rings. The van der Waals surface area contributed by atoms with Crippen molar-refractivity contribution in [2.45, 2.75) is 39.2 Å². The van der Waals surface area contributed by atoms with Gasteiger partial charge in [0.2, 0.25) is 0 Å². The summed E-state index contributed by atoms with van der Waals surface area (Å²) >= 11 is 6.36. The zero-order valence-corrected chi connectivity index (χ0v) is 12.0. The molecule has 1 aliphatic rings. The summed E-state index contributed by atoms with van der Waals surface area (Å²) in [6.45, 7) is 6.11. The zero-order valence-electron chi connectivity index (χ0n) is 11.2. The SMILES string of the molecule is CCCN(CC1CC1)c1ccc([C@@H](C)O)cc1Cl. The van der Waals surface area contributed by atoms with Gasteiger partial charge in [0.1, 0.15) is 0 Å². The molecule has 0 aliphatic heterocycles. The molecular formula is C15H22ClNO. The molecule has 2 nitrogen and oxygen atoms in total. The van der Waals surface area contributed by atoms with Crippen molar-refractivity contribution in [2.75, 3.05) is 18.0 Å². The van der Waals surface area contributed by atoms with Crippen molar-refractivity contribution in [3.8, 4) is 0 Å². The van der Waals surface area contributed by atoms with E-state index in [1.807, 2.05) is 18.2 Å². The minimum absolute atomic E-state index is 0.459. The van der Waals surface area contributed by atoms with Gasteiger partial charge in [-0.2, -0.15) is 0 Å². The van der Waals surface area contributed by atoms with E-state index in [2.05, 4.69) is 11.8 Å². The summed E-state index contributed by atoms with van der Waals surface area (Å²) in [6.07, 6.45) is 3.37. The third-order valence-electron chi connectivity index (χ3n) is 3.46. The largest absolute Gasteiger partial charge is 0.389 e. The molecule has 0 radical (unpaired) electrons. The lowest BCUT2D eigenvalue weighted by Crippen LogP contribution is -2.26. The Kier molecular flexibility index (Phi) is 4.52. The maximum Gasteiger partial charge on any atom is 0.0762 e. The highest BCUT2D eigenvalue weighted by Gasteiger charge is 2.25. The number of hydrogen-bond acceptors (Lipinski definition) is 2. The molecule has 100 valence electrons. The van der Waals surface area contributed by atoms with Gasteiger partial charge >= 0.3 is 0 Å². The maximum absolute atomic E-state index is 9.56. The van der Waals surface area contributed by atoms with Crippen LogP contribution in [0.25, 0.3) is 0 Å². The van der Waals surface area contributed by atoms with Crippen molar-refractivity contribution in [3.63, 3.8) is 0 Å². The van der Waals surface area contributed by atoms with Crippen molar-refractivity contribution in [3.05, 3.63) is 28.8 Å². The molecule has 1 saturated carbocycles.